The van der Waals surface area contributed by atoms with Gasteiger partial charge in [-0.15, -0.1) is 0 Å². The van der Waals surface area contributed by atoms with Crippen LogP contribution in [0.3, 0.4) is 0 Å². The third-order valence-corrected chi connectivity index (χ3v) is 3.92. The Morgan fingerprint density at radius 2 is 1.80 bits per heavy atom. The zero-order valence-electron chi connectivity index (χ0n) is 12.2. The van der Waals surface area contributed by atoms with Crippen LogP contribution in [-0.2, 0) is 12.8 Å². The third-order valence-electron chi connectivity index (χ3n) is 3.92. The third kappa shape index (κ3) is 2.59. The number of nitrogens with zero attached hydrogens (tertiary/aromatic N) is 2. The fourth-order valence-corrected chi connectivity index (χ4v) is 2.84. The Hall–Kier alpha value is -1.74. The zero-order chi connectivity index (χ0) is 14.1. The van der Waals surface area contributed by atoms with Gasteiger partial charge in [0, 0.05) is 11.3 Å². The van der Waals surface area contributed by atoms with E-state index in [2.05, 4.69) is 28.2 Å². The van der Waals surface area contributed by atoms with Crippen LogP contribution in [0.25, 0.3) is 11.3 Å². The molecule has 3 rings (SSSR count). The molecule has 1 aromatic heterocycles. The highest BCUT2D eigenvalue weighted by atomic mass is 14.9. The fourth-order valence-electron chi connectivity index (χ4n) is 2.84. The molecule has 0 spiro atoms. The van der Waals surface area contributed by atoms with Gasteiger partial charge in [-0.3, -0.25) is 0 Å². The quantitative estimate of drug-likeness (QED) is 0.907. The van der Waals surface area contributed by atoms with Crippen molar-refractivity contribution in [1.29, 1.82) is 0 Å². The number of aryl methyl sites for hydroxylation is 3. The molecule has 0 aliphatic heterocycles. The first-order chi connectivity index (χ1) is 9.63. The predicted molar refractivity (Wildman–Crippen MR) is 81.4 cm³/mol. The minimum atomic E-state index is -0.133. The number of nitrogens with two attached hydrogens (primary N) is 1. The molecule has 1 aliphatic rings. The molecule has 3 nitrogen and oxygen atoms in total. The molecule has 0 bridgehead atoms. The Morgan fingerprint density at radius 1 is 1.05 bits per heavy atom. The number of hydrogen-bond acceptors (Lipinski definition) is 3. The Morgan fingerprint density at radius 3 is 2.55 bits per heavy atom. The SMILES string of the molecule is Cc1cc(-c2ccc3c(c2)CCCC3)nc(C(C)N)n1. The molecular weight excluding hydrogens is 246 g/mol. The van der Waals surface area contributed by atoms with Crippen LogP contribution in [0.15, 0.2) is 24.3 Å². The molecule has 2 aromatic rings. The summed E-state index contributed by atoms with van der Waals surface area (Å²) in [6.07, 6.45) is 5.01. The summed E-state index contributed by atoms with van der Waals surface area (Å²) in [6, 6.07) is 8.63. The Bertz CT molecular complexity index is 632. The largest absolute Gasteiger partial charge is 0.322 e. The van der Waals surface area contributed by atoms with E-state index in [1.165, 1.54) is 42.4 Å². The number of fused-ring (bicyclic) bond motifs is 1. The van der Waals surface area contributed by atoms with E-state index in [0.29, 0.717) is 0 Å². The van der Waals surface area contributed by atoms with E-state index >= 15 is 0 Å². The lowest BCUT2D eigenvalue weighted by Crippen LogP contribution is -2.11. The average Bonchev–Trinajstić information content (AvgIpc) is 2.46. The van der Waals surface area contributed by atoms with Gasteiger partial charge in [-0.25, -0.2) is 9.97 Å². The molecule has 104 valence electrons. The van der Waals surface area contributed by atoms with Gasteiger partial charge in [0.2, 0.25) is 0 Å². The van der Waals surface area contributed by atoms with E-state index in [1.807, 2.05) is 19.9 Å². The molecule has 0 amide bonds. The second-order valence-electron chi connectivity index (χ2n) is 5.73. The first kappa shape index (κ1) is 13.3. The summed E-state index contributed by atoms with van der Waals surface area (Å²) in [5, 5.41) is 0. The second kappa shape index (κ2) is 5.33. The molecule has 1 atom stereocenters. The van der Waals surface area contributed by atoms with Crippen LogP contribution in [0.4, 0.5) is 0 Å². The normalized spacial score (nSPS) is 15.8. The molecule has 20 heavy (non-hydrogen) atoms. The highest BCUT2D eigenvalue weighted by Crippen LogP contribution is 2.27. The van der Waals surface area contributed by atoms with Gasteiger partial charge in [0.05, 0.1) is 11.7 Å². The molecule has 0 saturated heterocycles. The van der Waals surface area contributed by atoms with Crippen molar-refractivity contribution in [2.45, 2.75) is 45.6 Å². The Kier molecular flexibility index (Phi) is 3.53. The van der Waals surface area contributed by atoms with E-state index in [-0.39, 0.29) is 6.04 Å². The lowest BCUT2D eigenvalue weighted by Gasteiger charge is -2.17. The maximum Gasteiger partial charge on any atom is 0.145 e. The van der Waals surface area contributed by atoms with Crippen LogP contribution < -0.4 is 5.73 Å². The van der Waals surface area contributed by atoms with Crippen molar-refractivity contribution in [3.63, 3.8) is 0 Å². The van der Waals surface area contributed by atoms with Gasteiger partial charge in [0.15, 0.2) is 0 Å². The minimum Gasteiger partial charge on any atom is -0.322 e. The number of rotatable bonds is 2. The van der Waals surface area contributed by atoms with Crippen LogP contribution in [0.2, 0.25) is 0 Å². The predicted octanol–water partition coefficient (Wildman–Crippen LogP) is 3.35. The van der Waals surface area contributed by atoms with E-state index < -0.39 is 0 Å². The summed E-state index contributed by atoms with van der Waals surface area (Å²) >= 11 is 0. The second-order valence-corrected chi connectivity index (χ2v) is 5.73. The molecule has 1 aromatic carbocycles. The van der Waals surface area contributed by atoms with Gasteiger partial charge < -0.3 is 5.73 Å². The number of benzene rings is 1. The molecule has 1 aliphatic carbocycles. The van der Waals surface area contributed by atoms with E-state index in [4.69, 9.17) is 5.73 Å². The van der Waals surface area contributed by atoms with Crippen molar-refractivity contribution in [3.05, 3.63) is 46.9 Å². The van der Waals surface area contributed by atoms with Crippen molar-refractivity contribution in [3.8, 4) is 11.3 Å². The average molecular weight is 267 g/mol. The van der Waals surface area contributed by atoms with Crippen molar-refractivity contribution < 1.29 is 0 Å². The highest BCUT2D eigenvalue weighted by molar-refractivity contribution is 5.61. The van der Waals surface area contributed by atoms with Crippen molar-refractivity contribution in [2.24, 2.45) is 5.73 Å². The molecule has 3 heteroatoms. The lowest BCUT2D eigenvalue weighted by molar-refractivity contribution is 0.685. The maximum atomic E-state index is 5.92. The molecule has 0 radical (unpaired) electrons. The van der Waals surface area contributed by atoms with Crippen molar-refractivity contribution >= 4 is 0 Å². The van der Waals surface area contributed by atoms with Crippen LogP contribution in [-0.4, -0.2) is 9.97 Å². The molecular formula is C17H21N3. The van der Waals surface area contributed by atoms with E-state index in [0.717, 1.165) is 17.2 Å². The van der Waals surface area contributed by atoms with Crippen molar-refractivity contribution in [1.82, 2.24) is 9.97 Å². The molecule has 1 unspecified atom stereocenters. The summed E-state index contributed by atoms with van der Waals surface area (Å²) in [6.45, 7) is 3.92. The van der Waals surface area contributed by atoms with Gasteiger partial charge >= 0.3 is 0 Å². The van der Waals surface area contributed by atoms with Gasteiger partial charge in [0.1, 0.15) is 5.82 Å². The topological polar surface area (TPSA) is 51.8 Å². The standard InChI is InChI=1S/C17H21N3/c1-11-9-16(20-17(19-11)12(2)18)15-8-7-13-5-3-4-6-14(13)10-15/h7-10,12H,3-6,18H2,1-2H3. The van der Waals surface area contributed by atoms with Gasteiger partial charge in [-0.2, -0.15) is 0 Å². The van der Waals surface area contributed by atoms with E-state index in [1.54, 1.807) is 0 Å². The van der Waals surface area contributed by atoms with Crippen LogP contribution in [0.5, 0.6) is 0 Å². The van der Waals surface area contributed by atoms with Gasteiger partial charge in [-0.05, 0) is 62.8 Å². The maximum absolute atomic E-state index is 5.92. The summed E-state index contributed by atoms with van der Waals surface area (Å²) in [5.74, 6) is 0.720. The minimum absolute atomic E-state index is 0.133. The first-order valence-electron chi connectivity index (χ1n) is 7.37. The Labute approximate surface area is 120 Å². The summed E-state index contributed by atoms with van der Waals surface area (Å²) < 4.78 is 0. The molecule has 0 fully saturated rings. The van der Waals surface area contributed by atoms with Crippen LogP contribution in [0, 0.1) is 6.92 Å². The van der Waals surface area contributed by atoms with Crippen LogP contribution in [0.1, 0.15) is 48.5 Å². The van der Waals surface area contributed by atoms with Gasteiger partial charge in [0.25, 0.3) is 0 Å². The van der Waals surface area contributed by atoms with Gasteiger partial charge in [-0.1, -0.05) is 12.1 Å². The number of hydrogen-bond donors (Lipinski definition) is 1. The molecule has 2 N–H and O–H groups in total. The monoisotopic (exact) mass is 267 g/mol. The Balaban J connectivity index is 2.04. The number of aromatic nitrogens is 2. The molecule has 1 heterocycles. The van der Waals surface area contributed by atoms with Crippen molar-refractivity contribution in [2.75, 3.05) is 0 Å². The van der Waals surface area contributed by atoms with E-state index in [9.17, 15) is 0 Å². The molecule has 0 saturated carbocycles. The lowest BCUT2D eigenvalue weighted by atomic mass is 9.90. The fraction of sp³-hybridized carbons (Fsp3) is 0.412. The smallest absolute Gasteiger partial charge is 0.145 e. The summed E-state index contributed by atoms with van der Waals surface area (Å²) in [5.41, 5.74) is 12.0. The summed E-state index contributed by atoms with van der Waals surface area (Å²) in [7, 11) is 0. The van der Waals surface area contributed by atoms with Crippen LogP contribution >= 0.6 is 0 Å². The summed E-state index contributed by atoms with van der Waals surface area (Å²) in [4.78, 5) is 9.03. The first-order valence-corrected chi connectivity index (χ1v) is 7.37. The highest BCUT2D eigenvalue weighted by Gasteiger charge is 2.12. The zero-order valence-corrected chi connectivity index (χ0v) is 12.2.